The van der Waals surface area contributed by atoms with Crippen LogP contribution in [0.2, 0.25) is 0 Å². The lowest BCUT2D eigenvalue weighted by Gasteiger charge is -2.38. The van der Waals surface area contributed by atoms with Crippen molar-refractivity contribution in [1.82, 2.24) is 24.9 Å². The van der Waals surface area contributed by atoms with Gasteiger partial charge in [-0.05, 0) is 35.4 Å². The summed E-state index contributed by atoms with van der Waals surface area (Å²) < 4.78 is 1.47. The zero-order valence-electron chi connectivity index (χ0n) is 10.8. The average Bonchev–Trinajstić information content (AvgIpc) is 2.94. The number of piperidine rings is 1. The van der Waals surface area contributed by atoms with Crippen LogP contribution in [0.15, 0.2) is 18.3 Å². The first-order valence-corrected chi connectivity index (χ1v) is 6.42. The van der Waals surface area contributed by atoms with Gasteiger partial charge in [0.25, 0.3) is 5.91 Å². The van der Waals surface area contributed by atoms with Crippen molar-refractivity contribution in [2.75, 3.05) is 19.7 Å². The summed E-state index contributed by atoms with van der Waals surface area (Å²) in [5.41, 5.74) is -0.242. The van der Waals surface area contributed by atoms with Gasteiger partial charge in [0.05, 0.1) is 13.2 Å². The summed E-state index contributed by atoms with van der Waals surface area (Å²) in [6.07, 6.45) is 2.78. The zero-order chi connectivity index (χ0) is 14.2. The molecule has 0 bridgehead atoms. The minimum absolute atomic E-state index is 0.137. The quantitative estimate of drug-likeness (QED) is 0.736. The van der Waals surface area contributed by atoms with Crippen molar-refractivity contribution >= 4 is 11.6 Å². The first kappa shape index (κ1) is 12.9. The number of hydrogen-bond acceptors (Lipinski definition) is 6. The molecule has 20 heavy (non-hydrogen) atoms. The van der Waals surface area contributed by atoms with E-state index in [0.29, 0.717) is 30.6 Å². The molecule has 0 saturated carbocycles. The molecule has 3 heterocycles. The van der Waals surface area contributed by atoms with E-state index in [1.54, 1.807) is 23.2 Å². The Morgan fingerprint density at radius 3 is 3.15 bits per heavy atom. The molecule has 106 valence electrons. The number of amides is 1. The minimum atomic E-state index is -1.20. The Bertz CT molecular complexity index is 643. The Balaban J connectivity index is 1.84. The Kier molecular flexibility index (Phi) is 3.11. The van der Waals surface area contributed by atoms with Gasteiger partial charge in [-0.1, -0.05) is 0 Å². The molecule has 2 N–H and O–H groups in total. The van der Waals surface area contributed by atoms with E-state index in [0.717, 1.165) is 0 Å². The first-order chi connectivity index (χ1) is 9.61. The Morgan fingerprint density at radius 1 is 1.50 bits per heavy atom. The third kappa shape index (κ3) is 2.23. The van der Waals surface area contributed by atoms with Crippen LogP contribution in [0, 0.1) is 0 Å². The molecule has 1 saturated heterocycles. The van der Waals surface area contributed by atoms with Crippen LogP contribution in [0.25, 0.3) is 5.65 Å². The number of aliphatic hydroxyl groups excluding tert-OH is 1. The molecule has 2 aromatic heterocycles. The summed E-state index contributed by atoms with van der Waals surface area (Å²) in [6, 6.07) is 3.24. The molecular formula is C12H15N5O3. The highest BCUT2D eigenvalue weighted by Gasteiger charge is 2.34. The lowest BCUT2D eigenvalue weighted by atomic mass is 9.93. The van der Waals surface area contributed by atoms with E-state index in [4.69, 9.17) is 0 Å². The maximum absolute atomic E-state index is 12.4. The third-order valence-corrected chi connectivity index (χ3v) is 3.58. The molecule has 3 rings (SSSR count). The van der Waals surface area contributed by atoms with Crippen LogP contribution in [0.5, 0.6) is 0 Å². The van der Waals surface area contributed by atoms with E-state index >= 15 is 0 Å². The second kappa shape index (κ2) is 4.80. The molecule has 1 aliphatic rings. The number of tetrazole rings is 1. The number of hydrogen-bond donors (Lipinski definition) is 2. The van der Waals surface area contributed by atoms with Gasteiger partial charge in [0, 0.05) is 18.3 Å². The molecule has 0 aliphatic carbocycles. The second-order valence-corrected chi connectivity index (χ2v) is 5.11. The number of likely N-dealkylation sites (tertiary alicyclic amines) is 1. The number of nitrogens with zero attached hydrogens (tertiary/aromatic N) is 5. The van der Waals surface area contributed by atoms with Gasteiger partial charge in [-0.3, -0.25) is 4.79 Å². The maximum Gasteiger partial charge on any atom is 0.254 e. The lowest BCUT2D eigenvalue weighted by molar-refractivity contribution is -0.0598. The highest BCUT2D eigenvalue weighted by Crippen LogP contribution is 2.22. The van der Waals surface area contributed by atoms with Gasteiger partial charge in [-0.15, -0.1) is 5.10 Å². The third-order valence-electron chi connectivity index (χ3n) is 3.58. The van der Waals surface area contributed by atoms with E-state index in [1.807, 2.05) is 0 Å². The van der Waals surface area contributed by atoms with E-state index in [9.17, 15) is 15.0 Å². The van der Waals surface area contributed by atoms with Gasteiger partial charge in [-0.25, -0.2) is 4.52 Å². The van der Waals surface area contributed by atoms with Gasteiger partial charge >= 0.3 is 0 Å². The van der Waals surface area contributed by atoms with Crippen LogP contribution in [0.3, 0.4) is 0 Å². The van der Waals surface area contributed by atoms with Crippen molar-refractivity contribution in [3.05, 3.63) is 23.9 Å². The molecule has 0 spiro atoms. The molecule has 1 atom stereocenters. The Hall–Kier alpha value is -2.06. The number of fused-ring (bicyclic) bond motifs is 1. The fourth-order valence-electron chi connectivity index (χ4n) is 2.47. The lowest BCUT2D eigenvalue weighted by Crippen LogP contribution is -2.52. The van der Waals surface area contributed by atoms with Crippen LogP contribution in [-0.2, 0) is 0 Å². The fourth-order valence-corrected chi connectivity index (χ4v) is 2.47. The van der Waals surface area contributed by atoms with Crippen LogP contribution >= 0.6 is 0 Å². The van der Waals surface area contributed by atoms with Crippen molar-refractivity contribution in [2.24, 2.45) is 0 Å². The number of carbonyl (C=O) groups excluding carboxylic acids is 1. The normalized spacial score (nSPS) is 23.2. The number of pyridine rings is 1. The van der Waals surface area contributed by atoms with Crippen molar-refractivity contribution in [3.63, 3.8) is 0 Å². The van der Waals surface area contributed by atoms with Gasteiger partial charge in [0.15, 0.2) is 5.65 Å². The maximum atomic E-state index is 12.4. The molecule has 1 unspecified atom stereocenters. The minimum Gasteiger partial charge on any atom is -0.393 e. The first-order valence-electron chi connectivity index (χ1n) is 6.42. The van der Waals surface area contributed by atoms with E-state index in [-0.39, 0.29) is 19.1 Å². The molecule has 1 amide bonds. The number of aromatic nitrogens is 4. The van der Waals surface area contributed by atoms with Crippen molar-refractivity contribution < 1.29 is 15.0 Å². The highest BCUT2D eigenvalue weighted by molar-refractivity contribution is 5.95. The van der Waals surface area contributed by atoms with Gasteiger partial charge < -0.3 is 15.1 Å². The summed E-state index contributed by atoms with van der Waals surface area (Å²) in [5.74, 6) is -0.193. The molecule has 0 radical (unpaired) electrons. The molecule has 8 heteroatoms. The van der Waals surface area contributed by atoms with Crippen molar-refractivity contribution in [3.8, 4) is 0 Å². The molecule has 1 aliphatic heterocycles. The van der Waals surface area contributed by atoms with E-state index < -0.39 is 5.60 Å². The topological polar surface area (TPSA) is 104 Å². The number of β-amino-alcohol motifs (C(OH)–C–C–N with tert-alkyl or cyclic N) is 1. The van der Waals surface area contributed by atoms with Crippen LogP contribution in [0.1, 0.15) is 23.2 Å². The largest absolute Gasteiger partial charge is 0.393 e. The summed E-state index contributed by atoms with van der Waals surface area (Å²) in [5, 5.41) is 30.4. The zero-order valence-corrected chi connectivity index (χ0v) is 10.8. The van der Waals surface area contributed by atoms with E-state index in [2.05, 4.69) is 15.5 Å². The summed E-state index contributed by atoms with van der Waals surface area (Å²) in [4.78, 5) is 14.0. The van der Waals surface area contributed by atoms with Gasteiger partial charge in [-0.2, -0.15) is 0 Å². The van der Waals surface area contributed by atoms with Crippen molar-refractivity contribution in [1.29, 1.82) is 0 Å². The molecular weight excluding hydrogens is 262 g/mol. The number of carbonyl (C=O) groups is 1. The molecule has 2 aromatic rings. The highest BCUT2D eigenvalue weighted by atomic mass is 16.3. The summed E-state index contributed by atoms with van der Waals surface area (Å²) >= 11 is 0. The van der Waals surface area contributed by atoms with Crippen LogP contribution in [0.4, 0.5) is 0 Å². The average molecular weight is 277 g/mol. The summed E-state index contributed by atoms with van der Waals surface area (Å²) in [6.45, 7) is 0.361. The summed E-state index contributed by atoms with van der Waals surface area (Å²) in [7, 11) is 0. The Labute approximate surface area is 114 Å². The van der Waals surface area contributed by atoms with Crippen molar-refractivity contribution in [2.45, 2.75) is 18.4 Å². The molecule has 0 aromatic carbocycles. The second-order valence-electron chi connectivity index (χ2n) is 5.11. The number of aliphatic hydroxyl groups is 2. The standard InChI is InChI=1S/C12H15N5O3/c18-8-12(20)3-1-4-16(7-12)11(19)9-2-5-17-10(6-9)13-14-15-17/h2,5-6,18,20H,1,3-4,7-8H2. The fraction of sp³-hybridized carbons (Fsp3) is 0.500. The Morgan fingerprint density at radius 2 is 2.35 bits per heavy atom. The predicted octanol–water partition coefficient (Wildman–Crippen LogP) is -0.916. The molecule has 1 fully saturated rings. The SMILES string of the molecule is O=C(c1ccn2nnnc2c1)N1CCCC(O)(CO)C1. The predicted molar refractivity (Wildman–Crippen MR) is 68.0 cm³/mol. The number of rotatable bonds is 2. The van der Waals surface area contributed by atoms with Gasteiger partial charge in [0.1, 0.15) is 5.60 Å². The smallest absolute Gasteiger partial charge is 0.254 e. The van der Waals surface area contributed by atoms with Crippen LogP contribution < -0.4 is 0 Å². The van der Waals surface area contributed by atoms with E-state index in [1.165, 1.54) is 4.52 Å². The monoisotopic (exact) mass is 277 g/mol. The molecule has 8 nitrogen and oxygen atoms in total. The van der Waals surface area contributed by atoms with Gasteiger partial charge in [0.2, 0.25) is 0 Å². The van der Waals surface area contributed by atoms with Crippen LogP contribution in [-0.4, -0.2) is 66.4 Å².